The Morgan fingerprint density at radius 3 is 2.67 bits per heavy atom. The van der Waals surface area contributed by atoms with Gasteiger partial charge in [0.15, 0.2) is 5.65 Å². The first-order valence-corrected chi connectivity index (χ1v) is 15.0. The summed E-state index contributed by atoms with van der Waals surface area (Å²) in [4.78, 5) is 16.4. The molecule has 0 amide bonds. The summed E-state index contributed by atoms with van der Waals surface area (Å²) in [6.07, 6.45) is 9.32. The highest BCUT2D eigenvalue weighted by atomic mass is 79.9. The van der Waals surface area contributed by atoms with Gasteiger partial charge < -0.3 is 19.8 Å². The topological polar surface area (TPSA) is 138 Å². The Hall–Kier alpha value is -3.89. The molecule has 11 nitrogen and oxygen atoms in total. The Bertz CT molecular complexity index is 1670. The van der Waals surface area contributed by atoms with Gasteiger partial charge in [-0.1, -0.05) is 28.1 Å². The number of benzene rings is 1. The molecular formula is C30H33BrN8O3. The summed E-state index contributed by atoms with van der Waals surface area (Å²) in [6.45, 7) is 3.53. The molecule has 1 aliphatic rings. The summed E-state index contributed by atoms with van der Waals surface area (Å²) in [5.74, 6) is 0.871. The van der Waals surface area contributed by atoms with Gasteiger partial charge >= 0.3 is 0 Å². The van der Waals surface area contributed by atoms with Crippen molar-refractivity contribution >= 4 is 32.5 Å². The molecule has 1 saturated heterocycles. The highest BCUT2D eigenvalue weighted by Gasteiger charge is 2.23. The van der Waals surface area contributed by atoms with Gasteiger partial charge in [-0.25, -0.2) is 15.0 Å². The van der Waals surface area contributed by atoms with Crippen LogP contribution < -0.4 is 4.74 Å². The number of imidazole rings is 1. The predicted molar refractivity (Wildman–Crippen MR) is 163 cm³/mol. The summed E-state index contributed by atoms with van der Waals surface area (Å²) < 4.78 is 10.1. The van der Waals surface area contributed by atoms with Crippen molar-refractivity contribution in [3.8, 4) is 34.5 Å². The minimum absolute atomic E-state index is 0.167. The van der Waals surface area contributed by atoms with Crippen LogP contribution in [0.2, 0.25) is 0 Å². The molecule has 5 aromatic rings. The maximum absolute atomic E-state index is 9.34. The van der Waals surface area contributed by atoms with E-state index in [1.54, 1.807) is 35.5 Å². The van der Waals surface area contributed by atoms with E-state index in [-0.39, 0.29) is 13.2 Å². The van der Waals surface area contributed by atoms with Gasteiger partial charge in [-0.2, -0.15) is 10.4 Å². The summed E-state index contributed by atoms with van der Waals surface area (Å²) in [5, 5.41) is 32.4. The van der Waals surface area contributed by atoms with Crippen LogP contribution in [0, 0.1) is 17.2 Å². The normalized spacial score (nSPS) is 15.4. The summed E-state index contributed by atoms with van der Waals surface area (Å²) in [5.41, 5.74) is 5.43. The maximum Gasteiger partial charge on any atom is 0.240 e. The molecular weight excluding hydrogens is 600 g/mol. The molecule has 0 bridgehead atoms. The number of β-amino-alcohol motifs (C(OH)–C–C–N with tert-alkyl or cyclic N) is 1. The number of aromatic nitrogens is 6. The standard InChI is InChI=1S/C28H28N8O2.C2H5BrO/c1-34-27-23(14-32-34)11-22(13-31-27)26-25(21-6-4-19(12-29)5-7-21)33-28(24-15-30-18-36(24)26)38-17-20-3-2-8-35(16-20)9-10-37;3-1-2-4/h4-7,11,13-15,18,20,37H,2-3,8-10,16-17H2,1H3;4H,1-2H2/t20-;/m1./s1. The van der Waals surface area contributed by atoms with Crippen LogP contribution in [0.3, 0.4) is 0 Å². The van der Waals surface area contributed by atoms with Gasteiger partial charge in [0.1, 0.15) is 5.52 Å². The third-order valence-electron chi connectivity index (χ3n) is 7.23. The molecule has 0 saturated carbocycles. The SMILES string of the molecule is Cn1ncc2cc(-c3c(-c4ccc(C#N)cc4)nc(OC[C@@H]4CCCN(CCO)C4)c4cncn34)cnc21.OCCBr. The summed E-state index contributed by atoms with van der Waals surface area (Å²) >= 11 is 3.00. The molecule has 0 radical (unpaired) electrons. The molecule has 218 valence electrons. The highest BCUT2D eigenvalue weighted by Crippen LogP contribution is 2.36. The van der Waals surface area contributed by atoms with E-state index in [1.165, 1.54) is 0 Å². The van der Waals surface area contributed by atoms with E-state index in [0.29, 0.717) is 41.5 Å². The number of aliphatic hydroxyl groups is 2. The fraction of sp³-hybridized carbons (Fsp3) is 0.367. The van der Waals surface area contributed by atoms with Gasteiger partial charge in [-0.05, 0) is 37.6 Å². The molecule has 0 aliphatic carbocycles. The van der Waals surface area contributed by atoms with Gasteiger partial charge in [0.25, 0.3) is 0 Å². The molecule has 42 heavy (non-hydrogen) atoms. The quantitative estimate of drug-likeness (QED) is 0.245. The van der Waals surface area contributed by atoms with E-state index in [9.17, 15) is 10.4 Å². The van der Waals surface area contributed by atoms with Gasteiger partial charge in [-0.3, -0.25) is 9.08 Å². The highest BCUT2D eigenvalue weighted by molar-refractivity contribution is 9.09. The number of piperidine rings is 1. The predicted octanol–water partition coefficient (Wildman–Crippen LogP) is 3.67. The second-order valence-corrected chi connectivity index (χ2v) is 10.9. The van der Waals surface area contributed by atoms with E-state index in [1.807, 2.05) is 29.8 Å². The molecule has 6 rings (SSSR count). The van der Waals surface area contributed by atoms with Crippen LogP contribution in [0.1, 0.15) is 18.4 Å². The van der Waals surface area contributed by atoms with Crippen molar-refractivity contribution in [1.29, 1.82) is 5.26 Å². The Balaban J connectivity index is 0.000000830. The molecule has 0 spiro atoms. The third-order valence-corrected chi connectivity index (χ3v) is 7.58. The summed E-state index contributed by atoms with van der Waals surface area (Å²) in [6, 6.07) is 11.6. The van der Waals surface area contributed by atoms with E-state index in [2.05, 4.69) is 48.0 Å². The van der Waals surface area contributed by atoms with Gasteiger partial charge in [-0.15, -0.1) is 0 Å². The van der Waals surface area contributed by atoms with Gasteiger partial charge in [0, 0.05) is 54.1 Å². The molecule has 1 atom stereocenters. The van der Waals surface area contributed by atoms with E-state index >= 15 is 0 Å². The summed E-state index contributed by atoms with van der Waals surface area (Å²) in [7, 11) is 1.87. The van der Waals surface area contributed by atoms with Crippen molar-refractivity contribution in [2.45, 2.75) is 12.8 Å². The zero-order valence-electron chi connectivity index (χ0n) is 23.4. The maximum atomic E-state index is 9.34. The fourth-order valence-corrected chi connectivity index (χ4v) is 5.24. The van der Waals surface area contributed by atoms with E-state index in [4.69, 9.17) is 14.8 Å². The van der Waals surface area contributed by atoms with Gasteiger partial charge in [0.2, 0.25) is 5.88 Å². The second-order valence-electron chi connectivity index (χ2n) is 10.1. The largest absolute Gasteiger partial charge is 0.476 e. The zero-order valence-corrected chi connectivity index (χ0v) is 25.0. The zero-order chi connectivity index (χ0) is 29.5. The number of nitrogens with zero attached hydrogens (tertiary/aromatic N) is 8. The number of ether oxygens (including phenoxy) is 1. The lowest BCUT2D eigenvalue weighted by atomic mass is 9.99. The van der Waals surface area contributed by atoms with E-state index < -0.39 is 0 Å². The lowest BCUT2D eigenvalue weighted by Gasteiger charge is -2.32. The molecule has 1 fully saturated rings. The molecule has 2 N–H and O–H groups in total. The average molecular weight is 634 g/mol. The first-order chi connectivity index (χ1) is 20.6. The van der Waals surface area contributed by atoms with Crippen LogP contribution in [0.15, 0.2) is 55.2 Å². The number of pyridine rings is 1. The van der Waals surface area contributed by atoms with Crippen molar-refractivity contribution in [2.24, 2.45) is 13.0 Å². The lowest BCUT2D eigenvalue weighted by molar-refractivity contribution is 0.110. The molecule has 1 aromatic carbocycles. The fourth-order valence-electron chi connectivity index (χ4n) is 5.24. The number of fused-ring (bicyclic) bond motifs is 2. The number of alkyl halides is 1. The van der Waals surface area contributed by atoms with Crippen LogP contribution in [-0.4, -0.2) is 89.0 Å². The first kappa shape index (κ1) is 29.6. The van der Waals surface area contributed by atoms with Crippen LogP contribution in [-0.2, 0) is 7.05 Å². The third kappa shape index (κ3) is 6.44. The van der Waals surface area contributed by atoms with Crippen molar-refractivity contribution in [2.75, 3.05) is 44.8 Å². The van der Waals surface area contributed by atoms with Crippen LogP contribution in [0.5, 0.6) is 5.88 Å². The second kappa shape index (κ2) is 13.8. The Kier molecular flexibility index (Phi) is 9.76. The van der Waals surface area contributed by atoms with Crippen molar-refractivity contribution in [3.05, 3.63) is 60.8 Å². The molecule has 0 unspecified atom stereocenters. The van der Waals surface area contributed by atoms with Crippen LogP contribution >= 0.6 is 15.9 Å². The van der Waals surface area contributed by atoms with Crippen molar-refractivity contribution in [1.82, 2.24) is 34.0 Å². The Morgan fingerprint density at radius 2 is 1.93 bits per heavy atom. The Morgan fingerprint density at radius 1 is 1.12 bits per heavy atom. The number of hydrogen-bond donors (Lipinski definition) is 2. The minimum Gasteiger partial charge on any atom is -0.476 e. The monoisotopic (exact) mass is 632 g/mol. The van der Waals surface area contributed by atoms with E-state index in [0.717, 1.165) is 59.3 Å². The molecule has 5 heterocycles. The first-order valence-electron chi connectivity index (χ1n) is 13.8. The number of halogens is 1. The number of rotatable bonds is 8. The molecule has 12 heteroatoms. The van der Waals surface area contributed by atoms with Gasteiger partial charge in [0.05, 0.1) is 61.6 Å². The number of likely N-dealkylation sites (tertiary alicyclic amines) is 1. The van der Waals surface area contributed by atoms with Crippen LogP contribution in [0.4, 0.5) is 0 Å². The van der Waals surface area contributed by atoms with Crippen molar-refractivity contribution < 1.29 is 14.9 Å². The minimum atomic E-state index is 0.167. The number of hydrogen-bond acceptors (Lipinski definition) is 9. The van der Waals surface area contributed by atoms with Crippen molar-refractivity contribution in [3.63, 3.8) is 0 Å². The van der Waals surface area contributed by atoms with Crippen LogP contribution in [0.25, 0.3) is 39.1 Å². The smallest absolute Gasteiger partial charge is 0.240 e. The number of nitriles is 1. The molecule has 1 aliphatic heterocycles. The molecule has 4 aromatic heterocycles. The number of aliphatic hydroxyl groups excluding tert-OH is 2. The lowest BCUT2D eigenvalue weighted by Crippen LogP contribution is -2.39. The average Bonchev–Trinajstić information content (AvgIpc) is 3.67. The number of aryl methyl sites for hydroxylation is 1. The Labute approximate surface area is 252 Å².